The zero-order valence-corrected chi connectivity index (χ0v) is 17.7. The van der Waals surface area contributed by atoms with Gasteiger partial charge >= 0.3 is 0 Å². The molecule has 0 aliphatic carbocycles. The van der Waals surface area contributed by atoms with Crippen molar-refractivity contribution in [2.24, 2.45) is 0 Å². The van der Waals surface area contributed by atoms with Crippen molar-refractivity contribution < 1.29 is 22.5 Å². The number of aryl methyl sites for hydroxylation is 2. The van der Waals surface area contributed by atoms with E-state index in [9.17, 15) is 13.2 Å². The molecule has 1 aliphatic heterocycles. The van der Waals surface area contributed by atoms with Crippen molar-refractivity contribution in [2.45, 2.75) is 25.3 Å². The largest absolute Gasteiger partial charge is 0.379 e. The first-order valence-corrected chi connectivity index (χ1v) is 10.8. The summed E-state index contributed by atoms with van der Waals surface area (Å²) in [5, 5.41) is 6.69. The smallest absolute Gasteiger partial charge is 0.243 e. The molecule has 0 bridgehead atoms. The monoisotopic (exact) mass is 422 g/mol. The molecule has 1 fully saturated rings. The number of aromatic nitrogens is 1. The van der Waals surface area contributed by atoms with Gasteiger partial charge in [0.15, 0.2) is 0 Å². The van der Waals surface area contributed by atoms with Crippen LogP contribution in [0.3, 0.4) is 0 Å². The van der Waals surface area contributed by atoms with Crippen molar-refractivity contribution in [3.05, 3.63) is 41.3 Å². The first-order chi connectivity index (χ1) is 13.8. The van der Waals surface area contributed by atoms with E-state index in [2.05, 4.69) is 10.5 Å². The Morgan fingerprint density at radius 3 is 2.66 bits per heavy atom. The normalized spacial score (nSPS) is 15.6. The number of hydrogen-bond donors (Lipinski definition) is 1. The molecule has 1 aromatic heterocycles. The molecule has 29 heavy (non-hydrogen) atoms. The number of rotatable bonds is 7. The van der Waals surface area contributed by atoms with Crippen LogP contribution in [0.1, 0.15) is 17.0 Å². The van der Waals surface area contributed by atoms with Gasteiger partial charge in [0.1, 0.15) is 5.76 Å². The fraction of sp³-hybridized carbons (Fsp3) is 0.474. The predicted octanol–water partition coefficient (Wildman–Crippen LogP) is 1.38. The van der Waals surface area contributed by atoms with E-state index < -0.39 is 10.0 Å². The Bertz CT molecular complexity index is 947. The Balaban J connectivity index is 1.63. The summed E-state index contributed by atoms with van der Waals surface area (Å²) in [5.41, 5.74) is 2.20. The number of hydrogen-bond acceptors (Lipinski definition) is 7. The summed E-state index contributed by atoms with van der Waals surface area (Å²) >= 11 is 0. The Morgan fingerprint density at radius 1 is 1.28 bits per heavy atom. The Kier molecular flexibility index (Phi) is 6.68. The van der Waals surface area contributed by atoms with Gasteiger partial charge in [-0.2, -0.15) is 4.31 Å². The number of ether oxygens (including phenoxy) is 1. The van der Waals surface area contributed by atoms with Crippen LogP contribution in [0.4, 0.5) is 5.69 Å². The van der Waals surface area contributed by atoms with Gasteiger partial charge in [0.2, 0.25) is 15.9 Å². The minimum absolute atomic E-state index is 0.143. The molecule has 0 unspecified atom stereocenters. The second-order valence-corrected chi connectivity index (χ2v) is 9.01. The molecule has 0 radical (unpaired) electrons. The van der Waals surface area contributed by atoms with Crippen LogP contribution >= 0.6 is 0 Å². The van der Waals surface area contributed by atoms with Crippen LogP contribution in [0.5, 0.6) is 0 Å². The van der Waals surface area contributed by atoms with Crippen LogP contribution in [0, 0.1) is 13.8 Å². The number of sulfonamides is 1. The molecule has 1 N–H and O–H groups in total. The lowest BCUT2D eigenvalue weighted by Crippen LogP contribution is -2.40. The van der Waals surface area contributed by atoms with Gasteiger partial charge in [0.25, 0.3) is 0 Å². The van der Waals surface area contributed by atoms with Gasteiger partial charge in [0, 0.05) is 30.9 Å². The summed E-state index contributed by atoms with van der Waals surface area (Å²) in [6.07, 6.45) is 0. The molecule has 1 aliphatic rings. The van der Waals surface area contributed by atoms with Crippen molar-refractivity contribution >= 4 is 21.6 Å². The van der Waals surface area contributed by atoms with E-state index in [1.807, 2.05) is 25.8 Å². The first kappa shape index (κ1) is 21.4. The van der Waals surface area contributed by atoms with Crippen LogP contribution < -0.4 is 5.32 Å². The number of carbonyl (C=O) groups excluding carboxylic acids is 1. The Hall–Kier alpha value is -2.27. The molecule has 9 nitrogen and oxygen atoms in total. The number of likely N-dealkylation sites (N-methyl/N-ethyl adjacent to an activating group) is 1. The number of morpholine rings is 1. The predicted molar refractivity (Wildman–Crippen MR) is 107 cm³/mol. The number of anilines is 1. The van der Waals surface area contributed by atoms with E-state index in [0.29, 0.717) is 38.5 Å². The number of benzene rings is 1. The maximum atomic E-state index is 12.8. The minimum atomic E-state index is -3.61. The number of carbonyl (C=O) groups is 1. The van der Waals surface area contributed by atoms with Gasteiger partial charge in [0.05, 0.1) is 30.3 Å². The summed E-state index contributed by atoms with van der Waals surface area (Å²) in [4.78, 5) is 14.4. The molecular formula is C19H26N4O5S. The lowest BCUT2D eigenvalue weighted by Gasteiger charge is -2.26. The number of nitrogens with zero attached hydrogens (tertiary/aromatic N) is 3. The van der Waals surface area contributed by atoms with Crippen molar-refractivity contribution in [3.8, 4) is 0 Å². The lowest BCUT2D eigenvalue weighted by atomic mass is 10.2. The lowest BCUT2D eigenvalue weighted by molar-refractivity contribution is -0.117. The molecule has 2 heterocycles. The zero-order valence-electron chi connectivity index (χ0n) is 16.8. The standard InChI is InChI=1S/C19H26N4O5S/c1-14-18(15(2)28-21-14)12-22(3)13-19(24)20-16-5-4-6-17(11-16)29(25,26)23-7-9-27-10-8-23/h4-6,11H,7-10,12-13H2,1-3H3,(H,20,24). The maximum Gasteiger partial charge on any atom is 0.243 e. The van der Waals surface area contributed by atoms with E-state index in [1.165, 1.54) is 16.4 Å². The van der Waals surface area contributed by atoms with Crippen LogP contribution in [0.25, 0.3) is 0 Å². The average molecular weight is 423 g/mol. The second kappa shape index (κ2) is 9.04. The van der Waals surface area contributed by atoms with Gasteiger partial charge in [-0.25, -0.2) is 8.42 Å². The number of nitrogens with one attached hydrogen (secondary N) is 1. The van der Waals surface area contributed by atoms with Gasteiger partial charge < -0.3 is 14.6 Å². The van der Waals surface area contributed by atoms with Crippen LogP contribution in [0.2, 0.25) is 0 Å². The minimum Gasteiger partial charge on any atom is -0.379 e. The van der Waals surface area contributed by atoms with E-state index in [0.717, 1.165) is 17.0 Å². The SMILES string of the molecule is Cc1noc(C)c1CN(C)CC(=O)Nc1cccc(S(=O)(=O)N2CCOCC2)c1. The number of amides is 1. The third-order valence-electron chi connectivity index (χ3n) is 4.75. The van der Waals surface area contributed by atoms with Gasteiger partial charge in [-0.15, -0.1) is 0 Å². The highest BCUT2D eigenvalue weighted by atomic mass is 32.2. The van der Waals surface area contributed by atoms with Crippen LogP contribution in [-0.2, 0) is 26.1 Å². The zero-order chi connectivity index (χ0) is 21.0. The molecule has 1 amide bonds. The Labute approximate surface area is 170 Å². The van der Waals surface area contributed by atoms with Crippen LogP contribution in [-0.4, -0.2) is 68.6 Å². The van der Waals surface area contributed by atoms with E-state index in [1.54, 1.807) is 12.1 Å². The van der Waals surface area contributed by atoms with Gasteiger partial charge in [-0.05, 0) is 39.1 Å². The van der Waals surface area contributed by atoms with Gasteiger partial charge in [-0.3, -0.25) is 9.69 Å². The third kappa shape index (κ3) is 5.21. The topological polar surface area (TPSA) is 105 Å². The fourth-order valence-electron chi connectivity index (χ4n) is 3.17. The van der Waals surface area contributed by atoms with Crippen molar-refractivity contribution in [1.82, 2.24) is 14.4 Å². The molecule has 0 saturated carbocycles. The fourth-order valence-corrected chi connectivity index (χ4v) is 4.62. The summed E-state index contributed by atoms with van der Waals surface area (Å²) in [6, 6.07) is 6.31. The first-order valence-electron chi connectivity index (χ1n) is 9.35. The van der Waals surface area contributed by atoms with Gasteiger partial charge in [-0.1, -0.05) is 11.2 Å². The van der Waals surface area contributed by atoms with Crippen molar-refractivity contribution in [3.63, 3.8) is 0 Å². The van der Waals surface area contributed by atoms with E-state index >= 15 is 0 Å². The molecule has 158 valence electrons. The quantitative estimate of drug-likeness (QED) is 0.719. The molecule has 10 heteroatoms. The summed E-state index contributed by atoms with van der Waals surface area (Å²) < 4.78 is 37.3. The molecular weight excluding hydrogens is 396 g/mol. The highest BCUT2D eigenvalue weighted by Gasteiger charge is 2.26. The summed E-state index contributed by atoms with van der Waals surface area (Å²) in [7, 11) is -1.79. The van der Waals surface area contributed by atoms with Crippen molar-refractivity contribution in [1.29, 1.82) is 0 Å². The molecule has 3 rings (SSSR count). The molecule has 2 aromatic rings. The second-order valence-electron chi connectivity index (χ2n) is 7.07. The Morgan fingerprint density at radius 2 is 2.00 bits per heavy atom. The summed E-state index contributed by atoms with van der Waals surface area (Å²) in [6.45, 7) is 5.78. The van der Waals surface area contributed by atoms with Crippen LogP contribution in [0.15, 0.2) is 33.7 Å². The molecule has 1 aromatic carbocycles. The maximum absolute atomic E-state index is 12.8. The van der Waals surface area contributed by atoms with E-state index in [4.69, 9.17) is 9.26 Å². The molecule has 1 saturated heterocycles. The molecule has 0 atom stereocenters. The highest BCUT2D eigenvalue weighted by Crippen LogP contribution is 2.21. The van der Waals surface area contributed by atoms with Crippen molar-refractivity contribution in [2.75, 3.05) is 45.2 Å². The highest BCUT2D eigenvalue weighted by molar-refractivity contribution is 7.89. The third-order valence-corrected chi connectivity index (χ3v) is 6.64. The average Bonchev–Trinajstić information content (AvgIpc) is 3.00. The molecule has 0 spiro atoms. The van der Waals surface area contributed by atoms with E-state index in [-0.39, 0.29) is 17.3 Å². The summed E-state index contributed by atoms with van der Waals surface area (Å²) in [5.74, 6) is 0.496.